The van der Waals surface area contributed by atoms with E-state index < -0.39 is 0 Å². The van der Waals surface area contributed by atoms with Crippen LogP contribution in [-0.4, -0.2) is 15.9 Å². The molecule has 3 aromatic heterocycles. The standard InChI is InChI=1S/C17H11N3O2S/c21-16(15-4-2-8-23-15)19-12-5-6-14-13(9-12)20-17(22-14)11-3-1-7-18-10-11/h1-10H,(H,19,21). The van der Waals surface area contributed by atoms with Crippen molar-refractivity contribution in [3.8, 4) is 11.5 Å². The SMILES string of the molecule is O=C(Nc1ccc2oc(-c3cccnc3)nc2c1)c1cccs1. The van der Waals surface area contributed by atoms with Crippen molar-refractivity contribution in [1.82, 2.24) is 9.97 Å². The van der Waals surface area contributed by atoms with Gasteiger partial charge < -0.3 is 9.73 Å². The predicted octanol–water partition coefficient (Wildman–Crippen LogP) is 4.20. The summed E-state index contributed by atoms with van der Waals surface area (Å²) >= 11 is 1.40. The van der Waals surface area contributed by atoms with E-state index in [1.807, 2.05) is 23.6 Å². The Labute approximate surface area is 135 Å². The van der Waals surface area contributed by atoms with Crippen molar-refractivity contribution in [2.75, 3.05) is 5.32 Å². The van der Waals surface area contributed by atoms with E-state index in [1.165, 1.54) is 11.3 Å². The van der Waals surface area contributed by atoms with Crippen LogP contribution in [0.3, 0.4) is 0 Å². The average molecular weight is 321 g/mol. The number of amides is 1. The van der Waals surface area contributed by atoms with Gasteiger partial charge in [-0.25, -0.2) is 4.98 Å². The molecule has 1 amide bonds. The molecule has 0 spiro atoms. The zero-order valence-electron chi connectivity index (χ0n) is 11.9. The predicted molar refractivity (Wildman–Crippen MR) is 89.5 cm³/mol. The topological polar surface area (TPSA) is 68.0 Å². The van der Waals surface area contributed by atoms with E-state index in [9.17, 15) is 4.79 Å². The van der Waals surface area contributed by atoms with E-state index in [-0.39, 0.29) is 5.91 Å². The van der Waals surface area contributed by atoms with Crippen LogP contribution in [0.15, 0.2) is 64.7 Å². The molecule has 6 heteroatoms. The molecule has 5 nitrogen and oxygen atoms in total. The van der Waals surface area contributed by atoms with Crippen LogP contribution < -0.4 is 5.32 Å². The van der Waals surface area contributed by atoms with Crippen molar-refractivity contribution in [2.24, 2.45) is 0 Å². The zero-order chi connectivity index (χ0) is 15.6. The molecule has 4 aromatic rings. The van der Waals surface area contributed by atoms with Gasteiger partial charge in [-0.15, -0.1) is 11.3 Å². The largest absolute Gasteiger partial charge is 0.436 e. The molecule has 0 aliphatic heterocycles. The molecule has 1 N–H and O–H groups in total. The lowest BCUT2D eigenvalue weighted by atomic mass is 10.2. The summed E-state index contributed by atoms with van der Waals surface area (Å²) < 4.78 is 5.72. The molecule has 0 fully saturated rings. The zero-order valence-corrected chi connectivity index (χ0v) is 12.7. The smallest absolute Gasteiger partial charge is 0.265 e. The van der Waals surface area contributed by atoms with Gasteiger partial charge in [0.15, 0.2) is 5.58 Å². The number of pyridine rings is 1. The Morgan fingerprint density at radius 1 is 1.17 bits per heavy atom. The molecule has 0 aliphatic rings. The summed E-state index contributed by atoms with van der Waals surface area (Å²) in [4.78, 5) is 21.3. The van der Waals surface area contributed by atoms with Crippen LogP contribution in [0.1, 0.15) is 9.67 Å². The Bertz CT molecular complexity index is 962. The highest BCUT2D eigenvalue weighted by atomic mass is 32.1. The second-order valence-corrected chi connectivity index (χ2v) is 5.82. The lowest BCUT2D eigenvalue weighted by molar-refractivity contribution is 0.103. The van der Waals surface area contributed by atoms with E-state index in [1.54, 1.807) is 36.7 Å². The summed E-state index contributed by atoms with van der Waals surface area (Å²) in [6.07, 6.45) is 3.40. The number of aromatic nitrogens is 2. The third kappa shape index (κ3) is 2.72. The van der Waals surface area contributed by atoms with Gasteiger partial charge in [-0.05, 0) is 41.8 Å². The Kier molecular flexibility index (Phi) is 3.36. The second kappa shape index (κ2) is 5.66. The van der Waals surface area contributed by atoms with Gasteiger partial charge in [-0.3, -0.25) is 9.78 Å². The number of rotatable bonds is 3. The van der Waals surface area contributed by atoms with E-state index in [0.29, 0.717) is 27.6 Å². The van der Waals surface area contributed by atoms with Crippen LogP contribution in [0, 0.1) is 0 Å². The first kappa shape index (κ1) is 13.7. The number of benzene rings is 1. The van der Waals surface area contributed by atoms with E-state index in [4.69, 9.17) is 4.42 Å². The summed E-state index contributed by atoms with van der Waals surface area (Å²) in [5.41, 5.74) is 2.85. The number of thiophene rings is 1. The van der Waals surface area contributed by atoms with Crippen LogP contribution in [-0.2, 0) is 0 Å². The first-order valence-electron chi connectivity index (χ1n) is 6.95. The summed E-state index contributed by atoms with van der Waals surface area (Å²) in [5.74, 6) is 0.380. The third-order valence-electron chi connectivity index (χ3n) is 3.30. The third-order valence-corrected chi connectivity index (χ3v) is 4.17. The van der Waals surface area contributed by atoms with Crippen LogP contribution in [0.2, 0.25) is 0 Å². The number of hydrogen-bond acceptors (Lipinski definition) is 5. The summed E-state index contributed by atoms with van der Waals surface area (Å²) in [6.45, 7) is 0. The molecule has 0 saturated carbocycles. The number of hydrogen-bond donors (Lipinski definition) is 1. The fourth-order valence-electron chi connectivity index (χ4n) is 2.22. The average Bonchev–Trinajstić information content (AvgIpc) is 3.25. The van der Waals surface area contributed by atoms with Gasteiger partial charge in [-0.2, -0.15) is 0 Å². The lowest BCUT2D eigenvalue weighted by Gasteiger charge is -2.02. The maximum Gasteiger partial charge on any atom is 0.265 e. The summed E-state index contributed by atoms with van der Waals surface area (Å²) in [5, 5.41) is 4.73. The molecular formula is C17H11N3O2S. The minimum Gasteiger partial charge on any atom is -0.436 e. The number of oxazole rings is 1. The Hall–Kier alpha value is -2.99. The molecule has 0 aliphatic carbocycles. The molecule has 112 valence electrons. The van der Waals surface area contributed by atoms with Gasteiger partial charge in [-0.1, -0.05) is 6.07 Å². The van der Waals surface area contributed by atoms with Crippen LogP contribution in [0.5, 0.6) is 0 Å². The minimum atomic E-state index is -0.129. The molecule has 0 bridgehead atoms. The molecule has 0 unspecified atom stereocenters. The highest BCUT2D eigenvalue weighted by molar-refractivity contribution is 7.12. The molecule has 0 atom stereocenters. The first-order valence-corrected chi connectivity index (χ1v) is 7.83. The second-order valence-electron chi connectivity index (χ2n) is 4.87. The van der Waals surface area contributed by atoms with Gasteiger partial charge in [0.1, 0.15) is 5.52 Å². The number of nitrogens with zero attached hydrogens (tertiary/aromatic N) is 2. The normalized spacial score (nSPS) is 10.8. The summed E-state index contributed by atoms with van der Waals surface area (Å²) in [6, 6.07) is 12.7. The van der Waals surface area contributed by atoms with Crippen molar-refractivity contribution in [3.05, 3.63) is 65.1 Å². The number of fused-ring (bicyclic) bond motifs is 1. The van der Waals surface area contributed by atoms with Gasteiger partial charge in [0.05, 0.1) is 10.4 Å². The first-order chi connectivity index (χ1) is 11.3. The van der Waals surface area contributed by atoms with Crippen LogP contribution in [0.4, 0.5) is 5.69 Å². The number of nitrogens with one attached hydrogen (secondary N) is 1. The molecule has 3 heterocycles. The fourth-order valence-corrected chi connectivity index (χ4v) is 2.84. The Morgan fingerprint density at radius 3 is 2.91 bits per heavy atom. The molecule has 0 radical (unpaired) electrons. The molecule has 1 aromatic carbocycles. The van der Waals surface area contributed by atoms with Crippen molar-refractivity contribution in [2.45, 2.75) is 0 Å². The van der Waals surface area contributed by atoms with Crippen molar-refractivity contribution < 1.29 is 9.21 Å². The lowest BCUT2D eigenvalue weighted by Crippen LogP contribution is -2.09. The molecular weight excluding hydrogens is 310 g/mol. The maximum absolute atomic E-state index is 12.1. The molecule has 23 heavy (non-hydrogen) atoms. The Balaban J connectivity index is 1.64. The fraction of sp³-hybridized carbons (Fsp3) is 0. The monoisotopic (exact) mass is 321 g/mol. The van der Waals surface area contributed by atoms with Crippen molar-refractivity contribution in [3.63, 3.8) is 0 Å². The quantitative estimate of drug-likeness (QED) is 0.614. The van der Waals surface area contributed by atoms with Crippen LogP contribution >= 0.6 is 11.3 Å². The van der Waals surface area contributed by atoms with Crippen molar-refractivity contribution in [1.29, 1.82) is 0 Å². The number of carbonyl (C=O) groups excluding carboxylic acids is 1. The summed E-state index contributed by atoms with van der Waals surface area (Å²) in [7, 11) is 0. The number of carbonyl (C=O) groups is 1. The van der Waals surface area contributed by atoms with Crippen molar-refractivity contribution >= 4 is 34.0 Å². The number of anilines is 1. The van der Waals surface area contributed by atoms with Gasteiger partial charge >= 0.3 is 0 Å². The van der Waals surface area contributed by atoms with E-state index >= 15 is 0 Å². The highest BCUT2D eigenvalue weighted by Crippen LogP contribution is 2.26. The van der Waals surface area contributed by atoms with Gasteiger partial charge in [0.2, 0.25) is 5.89 Å². The highest BCUT2D eigenvalue weighted by Gasteiger charge is 2.11. The van der Waals surface area contributed by atoms with Gasteiger partial charge in [0.25, 0.3) is 5.91 Å². The van der Waals surface area contributed by atoms with E-state index in [2.05, 4.69) is 15.3 Å². The van der Waals surface area contributed by atoms with Gasteiger partial charge in [0, 0.05) is 18.1 Å². The minimum absolute atomic E-state index is 0.129. The van der Waals surface area contributed by atoms with E-state index in [0.717, 1.165) is 5.56 Å². The van der Waals surface area contributed by atoms with Crippen LogP contribution in [0.25, 0.3) is 22.6 Å². The molecule has 4 rings (SSSR count). The Morgan fingerprint density at radius 2 is 2.13 bits per heavy atom. The maximum atomic E-state index is 12.1. The molecule has 0 saturated heterocycles.